The minimum atomic E-state index is -0.0552. The van der Waals surface area contributed by atoms with E-state index in [9.17, 15) is 4.79 Å². The van der Waals surface area contributed by atoms with Crippen molar-refractivity contribution in [2.75, 3.05) is 19.3 Å². The Kier molecular flexibility index (Phi) is 5.42. The van der Waals surface area contributed by atoms with Crippen molar-refractivity contribution >= 4 is 11.8 Å². The Morgan fingerprint density at radius 2 is 2.40 bits per heavy atom. The van der Waals surface area contributed by atoms with Crippen molar-refractivity contribution in [1.29, 1.82) is 0 Å². The normalized spacial score (nSPS) is 10.5. The molecule has 5 heteroatoms. The highest BCUT2D eigenvalue weighted by molar-refractivity contribution is 7.99. The highest BCUT2D eigenvalue weighted by Gasteiger charge is 2.00. The van der Waals surface area contributed by atoms with Crippen molar-refractivity contribution in [2.24, 2.45) is 0 Å². The number of hydrogen-bond donors (Lipinski definition) is 2. The zero-order valence-corrected chi connectivity index (χ0v) is 9.99. The maximum atomic E-state index is 11.3. The fourth-order valence-electron chi connectivity index (χ4n) is 1.19. The van der Waals surface area contributed by atoms with Gasteiger partial charge in [0.15, 0.2) is 5.16 Å². The molecular weight excluding hydrogens is 210 g/mol. The molecule has 0 aliphatic carbocycles. The molecule has 0 atom stereocenters. The fraction of sp³-hybridized carbons (Fsp3) is 0.600. The number of H-pyrrole nitrogens is 1. The summed E-state index contributed by atoms with van der Waals surface area (Å²) in [6.45, 7) is 2.99. The number of nitrogens with one attached hydrogen (secondary N) is 2. The molecule has 0 aromatic carbocycles. The molecule has 0 bridgehead atoms. The average molecular weight is 227 g/mol. The molecule has 4 nitrogen and oxygen atoms in total. The van der Waals surface area contributed by atoms with Crippen LogP contribution in [0.15, 0.2) is 16.0 Å². The first-order chi connectivity index (χ1) is 7.26. The number of rotatable bonds is 6. The van der Waals surface area contributed by atoms with E-state index in [1.165, 1.54) is 0 Å². The summed E-state index contributed by atoms with van der Waals surface area (Å²) in [5, 5.41) is 3.78. The van der Waals surface area contributed by atoms with Crippen LogP contribution >= 0.6 is 11.8 Å². The number of aromatic amines is 1. The van der Waals surface area contributed by atoms with E-state index in [-0.39, 0.29) is 5.56 Å². The van der Waals surface area contributed by atoms with E-state index in [0.29, 0.717) is 0 Å². The average Bonchev–Trinajstić information content (AvgIpc) is 2.18. The van der Waals surface area contributed by atoms with Gasteiger partial charge in [0.1, 0.15) is 0 Å². The van der Waals surface area contributed by atoms with Gasteiger partial charge in [0.05, 0.1) is 0 Å². The summed E-state index contributed by atoms with van der Waals surface area (Å²) in [4.78, 5) is 18.4. The maximum Gasteiger partial charge on any atom is 0.251 e. The largest absolute Gasteiger partial charge is 0.319 e. The van der Waals surface area contributed by atoms with Gasteiger partial charge in [0.25, 0.3) is 5.56 Å². The quantitative estimate of drug-likeness (QED) is 0.433. The third-order valence-electron chi connectivity index (χ3n) is 1.87. The molecule has 1 heterocycles. The standard InChI is InChI=1S/C10H17N3OS/c1-3-4-8-7-9(14)13-10(12-8)15-6-5-11-2/h7,11H,3-6H2,1-2H3,(H,12,13,14). The Labute approximate surface area is 93.9 Å². The summed E-state index contributed by atoms with van der Waals surface area (Å²) in [5.74, 6) is 0.912. The number of aromatic nitrogens is 2. The molecule has 1 aromatic rings. The molecule has 15 heavy (non-hydrogen) atoms. The molecule has 0 saturated heterocycles. The van der Waals surface area contributed by atoms with E-state index < -0.39 is 0 Å². The zero-order chi connectivity index (χ0) is 11.1. The lowest BCUT2D eigenvalue weighted by atomic mass is 10.2. The van der Waals surface area contributed by atoms with Crippen LogP contribution in [0.3, 0.4) is 0 Å². The number of hydrogen-bond acceptors (Lipinski definition) is 4. The van der Waals surface area contributed by atoms with Crippen LogP contribution in [0.1, 0.15) is 19.0 Å². The summed E-state index contributed by atoms with van der Waals surface area (Å²) in [5.41, 5.74) is 0.827. The molecule has 0 spiro atoms. The van der Waals surface area contributed by atoms with Gasteiger partial charge in [0.2, 0.25) is 0 Å². The van der Waals surface area contributed by atoms with Gasteiger partial charge in [-0.1, -0.05) is 25.1 Å². The molecule has 0 saturated carbocycles. The molecule has 0 aliphatic rings. The van der Waals surface area contributed by atoms with E-state index in [1.807, 2.05) is 7.05 Å². The van der Waals surface area contributed by atoms with Gasteiger partial charge < -0.3 is 10.3 Å². The van der Waals surface area contributed by atoms with Crippen molar-refractivity contribution in [3.63, 3.8) is 0 Å². The summed E-state index contributed by atoms with van der Waals surface area (Å²) in [7, 11) is 1.91. The molecule has 0 unspecified atom stereocenters. The SMILES string of the molecule is CCCc1cc(=O)[nH]c(SCCNC)n1. The van der Waals surface area contributed by atoms with Crippen LogP contribution in [0.25, 0.3) is 0 Å². The molecule has 0 aliphatic heterocycles. The van der Waals surface area contributed by atoms with Gasteiger partial charge in [-0.3, -0.25) is 4.79 Å². The first kappa shape index (κ1) is 12.3. The summed E-state index contributed by atoms with van der Waals surface area (Å²) in [6, 6.07) is 1.58. The number of thioether (sulfide) groups is 1. The number of aryl methyl sites for hydroxylation is 1. The van der Waals surface area contributed by atoms with E-state index in [4.69, 9.17) is 0 Å². The van der Waals surface area contributed by atoms with Gasteiger partial charge in [-0.15, -0.1) is 0 Å². The highest BCUT2D eigenvalue weighted by Crippen LogP contribution is 2.10. The van der Waals surface area contributed by atoms with Crippen molar-refractivity contribution < 1.29 is 0 Å². The molecule has 2 N–H and O–H groups in total. The van der Waals surface area contributed by atoms with Gasteiger partial charge >= 0.3 is 0 Å². The van der Waals surface area contributed by atoms with Crippen LogP contribution in [-0.2, 0) is 6.42 Å². The third kappa shape index (κ3) is 4.48. The minimum Gasteiger partial charge on any atom is -0.319 e. The van der Waals surface area contributed by atoms with Crippen molar-refractivity contribution in [1.82, 2.24) is 15.3 Å². The zero-order valence-electron chi connectivity index (χ0n) is 9.17. The van der Waals surface area contributed by atoms with Crippen molar-refractivity contribution in [3.8, 4) is 0 Å². The molecular formula is C10H17N3OS. The van der Waals surface area contributed by atoms with Crippen LogP contribution in [0.2, 0.25) is 0 Å². The van der Waals surface area contributed by atoms with E-state index in [2.05, 4.69) is 22.2 Å². The molecule has 1 rings (SSSR count). The van der Waals surface area contributed by atoms with E-state index >= 15 is 0 Å². The molecule has 84 valence electrons. The van der Waals surface area contributed by atoms with Crippen LogP contribution < -0.4 is 10.9 Å². The van der Waals surface area contributed by atoms with Crippen molar-refractivity contribution in [2.45, 2.75) is 24.9 Å². The predicted octanol–water partition coefficient (Wildman–Crippen LogP) is 1.03. The van der Waals surface area contributed by atoms with Crippen LogP contribution in [0.5, 0.6) is 0 Å². The maximum absolute atomic E-state index is 11.3. The predicted molar refractivity (Wildman–Crippen MR) is 63.5 cm³/mol. The van der Waals surface area contributed by atoms with E-state index in [1.54, 1.807) is 17.8 Å². The summed E-state index contributed by atoms with van der Waals surface area (Å²) in [6.07, 6.45) is 1.88. The lowest BCUT2D eigenvalue weighted by Crippen LogP contribution is -2.13. The van der Waals surface area contributed by atoms with Gasteiger partial charge in [-0.2, -0.15) is 0 Å². The van der Waals surface area contributed by atoms with E-state index in [0.717, 1.165) is 36.0 Å². The molecule has 0 amide bonds. The van der Waals surface area contributed by atoms with Crippen LogP contribution in [0, 0.1) is 0 Å². The van der Waals surface area contributed by atoms with Gasteiger partial charge in [-0.05, 0) is 13.5 Å². The van der Waals surface area contributed by atoms with Gasteiger partial charge in [0, 0.05) is 24.1 Å². The number of nitrogens with zero attached hydrogens (tertiary/aromatic N) is 1. The second kappa shape index (κ2) is 6.63. The Morgan fingerprint density at radius 3 is 3.07 bits per heavy atom. The second-order valence-electron chi connectivity index (χ2n) is 3.24. The molecule has 1 aromatic heterocycles. The highest BCUT2D eigenvalue weighted by atomic mass is 32.2. The molecule has 0 radical (unpaired) electrons. The monoisotopic (exact) mass is 227 g/mol. The minimum absolute atomic E-state index is 0.0552. The van der Waals surface area contributed by atoms with Crippen LogP contribution in [-0.4, -0.2) is 29.3 Å². The summed E-state index contributed by atoms with van der Waals surface area (Å²) < 4.78 is 0. The summed E-state index contributed by atoms with van der Waals surface area (Å²) >= 11 is 1.57. The smallest absolute Gasteiger partial charge is 0.251 e. The fourth-order valence-corrected chi connectivity index (χ4v) is 2.04. The Morgan fingerprint density at radius 1 is 1.60 bits per heavy atom. The Bertz CT molecular complexity index is 351. The Hall–Kier alpha value is -0.810. The second-order valence-corrected chi connectivity index (χ2v) is 4.33. The molecule has 0 fully saturated rings. The first-order valence-corrected chi connectivity index (χ1v) is 6.12. The topological polar surface area (TPSA) is 57.8 Å². The first-order valence-electron chi connectivity index (χ1n) is 5.14. The van der Waals surface area contributed by atoms with Crippen LogP contribution in [0.4, 0.5) is 0 Å². The lowest BCUT2D eigenvalue weighted by Gasteiger charge is -2.02. The Balaban J connectivity index is 2.66. The van der Waals surface area contributed by atoms with Gasteiger partial charge in [-0.25, -0.2) is 4.98 Å². The van der Waals surface area contributed by atoms with Crippen molar-refractivity contribution in [3.05, 3.63) is 22.1 Å². The third-order valence-corrected chi connectivity index (χ3v) is 2.75. The lowest BCUT2D eigenvalue weighted by molar-refractivity contribution is 0.813.